The predicted molar refractivity (Wildman–Crippen MR) is 125 cm³/mol. The van der Waals surface area contributed by atoms with Crippen LogP contribution in [0, 0.1) is 19.8 Å². The molecule has 2 aromatic rings. The second-order valence-electron chi connectivity index (χ2n) is 8.67. The summed E-state index contributed by atoms with van der Waals surface area (Å²) in [5.74, 6) is 0.0419. The molecule has 168 valence electrons. The molecule has 1 aliphatic rings. The van der Waals surface area contributed by atoms with E-state index >= 15 is 0 Å². The van der Waals surface area contributed by atoms with Gasteiger partial charge in [-0.25, -0.2) is 12.7 Å². The van der Waals surface area contributed by atoms with Crippen LogP contribution in [0.5, 0.6) is 0 Å². The summed E-state index contributed by atoms with van der Waals surface area (Å²) in [5, 5.41) is 3.13. The van der Waals surface area contributed by atoms with Crippen molar-refractivity contribution in [2.24, 2.45) is 5.92 Å². The van der Waals surface area contributed by atoms with Gasteiger partial charge >= 0.3 is 0 Å². The topological polar surface area (TPSA) is 66.5 Å². The zero-order valence-corrected chi connectivity index (χ0v) is 19.6. The van der Waals surface area contributed by atoms with Crippen molar-refractivity contribution in [1.82, 2.24) is 9.62 Å². The van der Waals surface area contributed by atoms with Gasteiger partial charge in [0.15, 0.2) is 0 Å². The molecule has 0 unspecified atom stereocenters. The Morgan fingerprint density at radius 2 is 1.77 bits per heavy atom. The van der Waals surface area contributed by atoms with Crippen LogP contribution in [0.25, 0.3) is 0 Å². The van der Waals surface area contributed by atoms with Gasteiger partial charge in [-0.3, -0.25) is 4.79 Å². The zero-order chi connectivity index (χ0) is 22.4. The van der Waals surface area contributed by atoms with Gasteiger partial charge in [0.2, 0.25) is 15.9 Å². The maximum absolute atomic E-state index is 12.8. The van der Waals surface area contributed by atoms with Crippen LogP contribution >= 0.6 is 0 Å². The highest BCUT2D eigenvalue weighted by molar-refractivity contribution is 7.89. The summed E-state index contributed by atoms with van der Waals surface area (Å²) in [5.41, 5.74) is 4.66. The van der Waals surface area contributed by atoms with E-state index in [-0.39, 0.29) is 23.6 Å². The Kier molecular flexibility index (Phi) is 7.89. The van der Waals surface area contributed by atoms with E-state index in [1.165, 1.54) is 11.1 Å². The van der Waals surface area contributed by atoms with Crippen LogP contribution in [-0.2, 0) is 21.2 Å². The van der Waals surface area contributed by atoms with Crippen LogP contribution in [0.15, 0.2) is 48.5 Å². The highest BCUT2D eigenvalue weighted by Crippen LogP contribution is 2.23. The molecule has 0 saturated carbocycles. The number of nitrogens with one attached hydrogen (secondary N) is 1. The monoisotopic (exact) mass is 442 g/mol. The fraction of sp³-hybridized carbons (Fsp3) is 0.480. The lowest BCUT2D eigenvalue weighted by Gasteiger charge is -2.31. The van der Waals surface area contributed by atoms with Crippen LogP contribution in [-0.4, -0.2) is 37.5 Å². The second kappa shape index (κ2) is 10.4. The number of carbonyl (C=O) groups is 1. The van der Waals surface area contributed by atoms with E-state index < -0.39 is 10.0 Å². The number of hydrogen-bond donors (Lipinski definition) is 1. The Morgan fingerprint density at radius 1 is 1.10 bits per heavy atom. The van der Waals surface area contributed by atoms with Crippen LogP contribution in [0.4, 0.5) is 0 Å². The van der Waals surface area contributed by atoms with Crippen LogP contribution in [0.2, 0.25) is 0 Å². The Hall–Kier alpha value is -2.18. The maximum atomic E-state index is 12.8. The van der Waals surface area contributed by atoms with Crippen molar-refractivity contribution in [2.75, 3.05) is 18.8 Å². The standard InChI is InChI=1S/C25H34N2O3S/c1-19-11-12-24(20(2)18-19)21(3)26-25(28)23-13-15-27(16-14-23)31(29,30)17-7-10-22-8-5-4-6-9-22/h4-6,8-9,11-12,18,21,23H,7,10,13-17H2,1-3H3,(H,26,28)/t21-/m0/s1. The second-order valence-corrected chi connectivity index (χ2v) is 10.8. The molecule has 1 atom stereocenters. The molecule has 1 amide bonds. The summed E-state index contributed by atoms with van der Waals surface area (Å²) in [4.78, 5) is 12.8. The molecule has 0 radical (unpaired) electrons. The first-order chi connectivity index (χ1) is 14.8. The van der Waals surface area contributed by atoms with Crippen molar-refractivity contribution in [3.63, 3.8) is 0 Å². The largest absolute Gasteiger partial charge is 0.349 e. The number of carbonyl (C=O) groups excluding carboxylic acids is 1. The van der Waals surface area contributed by atoms with Gasteiger partial charge in [0, 0.05) is 19.0 Å². The van der Waals surface area contributed by atoms with Crippen molar-refractivity contribution >= 4 is 15.9 Å². The van der Waals surface area contributed by atoms with Crippen LogP contribution < -0.4 is 5.32 Å². The van der Waals surface area contributed by atoms with Gasteiger partial charge in [-0.1, -0.05) is 54.1 Å². The number of benzene rings is 2. The summed E-state index contributed by atoms with van der Waals surface area (Å²) in [6, 6.07) is 16.1. The highest BCUT2D eigenvalue weighted by atomic mass is 32.2. The van der Waals surface area contributed by atoms with Crippen molar-refractivity contribution < 1.29 is 13.2 Å². The van der Waals surface area contributed by atoms with E-state index in [0.717, 1.165) is 17.5 Å². The molecule has 5 nitrogen and oxygen atoms in total. The van der Waals surface area contributed by atoms with Gasteiger partial charge in [0.05, 0.1) is 11.8 Å². The van der Waals surface area contributed by atoms with Gasteiger partial charge in [-0.15, -0.1) is 0 Å². The number of amides is 1. The average Bonchev–Trinajstić information content (AvgIpc) is 2.74. The lowest BCUT2D eigenvalue weighted by molar-refractivity contribution is -0.126. The highest BCUT2D eigenvalue weighted by Gasteiger charge is 2.31. The van der Waals surface area contributed by atoms with Crippen LogP contribution in [0.1, 0.15) is 54.5 Å². The number of aryl methyl sites for hydroxylation is 3. The summed E-state index contributed by atoms with van der Waals surface area (Å²) >= 11 is 0. The number of nitrogens with zero attached hydrogens (tertiary/aromatic N) is 1. The Labute approximate surface area is 186 Å². The SMILES string of the molecule is Cc1ccc([C@H](C)NC(=O)C2CCN(S(=O)(=O)CCCc3ccccc3)CC2)c(C)c1. The lowest BCUT2D eigenvalue weighted by atomic mass is 9.95. The molecule has 31 heavy (non-hydrogen) atoms. The molecule has 0 bridgehead atoms. The first-order valence-electron chi connectivity index (χ1n) is 11.2. The van der Waals surface area contributed by atoms with Gasteiger partial charge in [-0.2, -0.15) is 0 Å². The van der Waals surface area contributed by atoms with E-state index in [2.05, 4.69) is 37.4 Å². The molecule has 3 rings (SSSR count). The molecule has 2 aromatic carbocycles. The lowest BCUT2D eigenvalue weighted by Crippen LogP contribution is -2.44. The number of rotatable bonds is 8. The molecular formula is C25H34N2O3S. The minimum atomic E-state index is -3.28. The van der Waals surface area contributed by atoms with Crippen molar-refractivity contribution in [3.8, 4) is 0 Å². The molecule has 0 aromatic heterocycles. The van der Waals surface area contributed by atoms with Crippen molar-refractivity contribution in [2.45, 2.75) is 52.5 Å². The summed E-state index contributed by atoms with van der Waals surface area (Å²) in [6.45, 7) is 6.96. The Bertz CT molecular complexity index is 981. The molecule has 1 N–H and O–H groups in total. The Morgan fingerprint density at radius 3 is 2.42 bits per heavy atom. The molecular weight excluding hydrogens is 408 g/mol. The summed E-state index contributed by atoms with van der Waals surface area (Å²) < 4.78 is 27.0. The fourth-order valence-electron chi connectivity index (χ4n) is 4.35. The molecule has 0 spiro atoms. The molecule has 1 heterocycles. The normalized spacial score (nSPS) is 16.7. The third-order valence-corrected chi connectivity index (χ3v) is 8.14. The zero-order valence-electron chi connectivity index (χ0n) is 18.8. The van der Waals surface area contributed by atoms with E-state index in [1.807, 2.05) is 37.3 Å². The predicted octanol–water partition coefficient (Wildman–Crippen LogP) is 4.16. The first kappa shape index (κ1) is 23.5. The summed E-state index contributed by atoms with van der Waals surface area (Å²) in [6.07, 6.45) is 2.52. The molecule has 1 saturated heterocycles. The molecule has 1 fully saturated rings. The smallest absolute Gasteiger partial charge is 0.223 e. The van der Waals surface area contributed by atoms with Crippen molar-refractivity contribution in [1.29, 1.82) is 0 Å². The Balaban J connectivity index is 1.47. The third kappa shape index (κ3) is 6.40. The van der Waals surface area contributed by atoms with Gasteiger partial charge in [0.1, 0.15) is 0 Å². The van der Waals surface area contributed by atoms with E-state index in [9.17, 15) is 13.2 Å². The average molecular weight is 443 g/mol. The van der Waals surface area contributed by atoms with Gasteiger partial charge < -0.3 is 5.32 Å². The van der Waals surface area contributed by atoms with Crippen LogP contribution in [0.3, 0.4) is 0 Å². The van der Waals surface area contributed by atoms with E-state index in [4.69, 9.17) is 0 Å². The van der Waals surface area contributed by atoms with Crippen molar-refractivity contribution in [3.05, 3.63) is 70.8 Å². The quantitative estimate of drug-likeness (QED) is 0.668. The third-order valence-electron chi connectivity index (χ3n) is 6.18. The molecule has 0 aliphatic carbocycles. The van der Waals surface area contributed by atoms with E-state index in [0.29, 0.717) is 32.4 Å². The number of hydrogen-bond acceptors (Lipinski definition) is 3. The minimum Gasteiger partial charge on any atom is -0.349 e. The molecule has 1 aliphatic heterocycles. The minimum absolute atomic E-state index is 0.0219. The molecule has 6 heteroatoms. The number of sulfonamides is 1. The summed E-state index contributed by atoms with van der Waals surface area (Å²) in [7, 11) is -3.28. The van der Waals surface area contributed by atoms with E-state index in [1.54, 1.807) is 4.31 Å². The van der Waals surface area contributed by atoms with Gasteiger partial charge in [-0.05, 0) is 63.1 Å². The van der Waals surface area contributed by atoms with Gasteiger partial charge in [0.25, 0.3) is 0 Å². The first-order valence-corrected chi connectivity index (χ1v) is 12.8. The number of piperidine rings is 1. The fourth-order valence-corrected chi connectivity index (χ4v) is 5.88. The maximum Gasteiger partial charge on any atom is 0.223 e.